The Balaban J connectivity index is 1.57. The normalized spacial score (nSPS) is 11.0. The predicted molar refractivity (Wildman–Crippen MR) is 110 cm³/mol. The van der Waals surface area contributed by atoms with Crippen molar-refractivity contribution >= 4 is 28.4 Å². The lowest BCUT2D eigenvalue weighted by Gasteiger charge is -2.05. The summed E-state index contributed by atoms with van der Waals surface area (Å²) in [5.74, 6) is 0.489. The monoisotopic (exact) mass is 392 g/mol. The van der Waals surface area contributed by atoms with E-state index in [1.807, 2.05) is 12.1 Å². The van der Waals surface area contributed by atoms with Gasteiger partial charge in [0.15, 0.2) is 0 Å². The Morgan fingerprint density at radius 1 is 0.929 bits per heavy atom. The van der Waals surface area contributed by atoms with Crippen molar-refractivity contribution in [2.45, 2.75) is 17.2 Å². The fourth-order valence-corrected chi connectivity index (χ4v) is 4.16. The van der Waals surface area contributed by atoms with E-state index in [4.69, 9.17) is 0 Å². The molecule has 6 heteroatoms. The first-order chi connectivity index (χ1) is 13.6. The summed E-state index contributed by atoms with van der Waals surface area (Å²) in [7, 11) is 0. The topological polar surface area (TPSA) is 48.1 Å². The Labute approximate surface area is 165 Å². The Hall–Kier alpha value is -3.12. The third-order valence-electron chi connectivity index (χ3n) is 4.56. The molecular weight excluding hydrogens is 375 g/mol. The highest BCUT2D eigenvalue weighted by Gasteiger charge is 2.10. The van der Waals surface area contributed by atoms with Crippen molar-refractivity contribution in [1.82, 2.24) is 4.57 Å². The summed E-state index contributed by atoms with van der Waals surface area (Å²) >= 11 is 1.70. The first-order valence-corrected chi connectivity index (χ1v) is 9.77. The molecule has 3 aromatic carbocycles. The van der Waals surface area contributed by atoms with Crippen molar-refractivity contribution in [2.75, 3.05) is 0 Å². The predicted octanol–water partition coefficient (Wildman–Crippen LogP) is 6.03. The van der Waals surface area contributed by atoms with E-state index < -0.39 is 0 Å². The SMILES string of the molecule is O=[N+]([O-])c1ccc(CSc2cn(Cc3ccc(F)cc3)c3ccccc23)cc1. The van der Waals surface area contributed by atoms with Crippen molar-refractivity contribution in [3.63, 3.8) is 0 Å². The van der Waals surface area contributed by atoms with Crippen LogP contribution < -0.4 is 0 Å². The molecule has 4 rings (SSSR count). The molecule has 28 heavy (non-hydrogen) atoms. The van der Waals surface area contributed by atoms with Gasteiger partial charge in [0, 0.05) is 46.4 Å². The minimum atomic E-state index is -0.389. The summed E-state index contributed by atoms with van der Waals surface area (Å²) in [6.45, 7) is 0.666. The lowest BCUT2D eigenvalue weighted by atomic mass is 10.2. The number of non-ortho nitro benzene ring substituents is 1. The van der Waals surface area contributed by atoms with Crippen LogP contribution in [0, 0.1) is 15.9 Å². The standard InChI is InChI=1S/C22H17FN2O2S/c23-18-9-5-16(6-10-18)13-24-14-22(20-3-1-2-4-21(20)24)28-15-17-7-11-19(12-8-17)25(26)27/h1-12,14H,13,15H2. The maximum atomic E-state index is 13.2. The van der Waals surface area contributed by atoms with Gasteiger partial charge in [0.25, 0.3) is 5.69 Å². The fourth-order valence-electron chi connectivity index (χ4n) is 3.12. The molecule has 1 aromatic heterocycles. The third-order valence-corrected chi connectivity index (χ3v) is 5.67. The highest BCUT2D eigenvalue weighted by Crippen LogP contribution is 2.32. The van der Waals surface area contributed by atoms with Crippen molar-refractivity contribution < 1.29 is 9.31 Å². The van der Waals surface area contributed by atoms with Crippen LogP contribution in [0.25, 0.3) is 10.9 Å². The first kappa shape index (κ1) is 18.3. The Bertz CT molecular complexity index is 1120. The molecule has 0 bridgehead atoms. The van der Waals surface area contributed by atoms with E-state index in [-0.39, 0.29) is 16.4 Å². The number of benzene rings is 3. The average Bonchev–Trinajstić information content (AvgIpc) is 3.06. The van der Waals surface area contributed by atoms with Crippen molar-refractivity contribution in [1.29, 1.82) is 0 Å². The van der Waals surface area contributed by atoms with E-state index in [9.17, 15) is 14.5 Å². The van der Waals surface area contributed by atoms with Crippen LogP contribution in [0.4, 0.5) is 10.1 Å². The molecule has 0 unspecified atom stereocenters. The number of aromatic nitrogens is 1. The summed E-state index contributed by atoms with van der Waals surface area (Å²) in [4.78, 5) is 11.5. The van der Waals surface area contributed by atoms with Crippen LogP contribution in [-0.4, -0.2) is 9.49 Å². The van der Waals surface area contributed by atoms with Crippen LogP contribution in [-0.2, 0) is 12.3 Å². The van der Waals surface area contributed by atoms with E-state index >= 15 is 0 Å². The number of halogens is 1. The molecule has 0 amide bonds. The molecule has 0 saturated carbocycles. The van der Waals surface area contributed by atoms with Crippen molar-refractivity contribution in [3.05, 3.63) is 106 Å². The van der Waals surface area contributed by atoms with Gasteiger partial charge in [-0.15, -0.1) is 11.8 Å². The molecule has 0 aliphatic carbocycles. The Morgan fingerprint density at radius 3 is 2.32 bits per heavy atom. The molecular formula is C22H17FN2O2S. The molecule has 4 aromatic rings. The summed E-state index contributed by atoms with van der Waals surface area (Å²) in [5, 5.41) is 11.9. The van der Waals surface area contributed by atoms with Gasteiger partial charge in [-0.05, 0) is 29.3 Å². The molecule has 0 atom stereocenters. The second-order valence-electron chi connectivity index (χ2n) is 6.48. The number of nitro groups is 1. The summed E-state index contributed by atoms with van der Waals surface area (Å²) in [6, 6.07) is 21.4. The Kier molecular flexibility index (Phi) is 5.12. The maximum absolute atomic E-state index is 13.2. The minimum Gasteiger partial charge on any atom is -0.342 e. The summed E-state index contributed by atoms with van der Waals surface area (Å²) in [6.07, 6.45) is 2.12. The third kappa shape index (κ3) is 3.92. The molecule has 0 N–H and O–H groups in total. The van der Waals surface area contributed by atoms with Crippen LogP contribution >= 0.6 is 11.8 Å². The van der Waals surface area contributed by atoms with Gasteiger partial charge in [-0.2, -0.15) is 0 Å². The maximum Gasteiger partial charge on any atom is 0.269 e. The van der Waals surface area contributed by atoms with E-state index in [0.717, 1.165) is 32.7 Å². The van der Waals surface area contributed by atoms with Crippen molar-refractivity contribution in [3.8, 4) is 0 Å². The van der Waals surface area contributed by atoms with Gasteiger partial charge in [0.2, 0.25) is 0 Å². The summed E-state index contributed by atoms with van der Waals surface area (Å²) in [5.41, 5.74) is 3.29. The highest BCUT2D eigenvalue weighted by atomic mass is 32.2. The second-order valence-corrected chi connectivity index (χ2v) is 7.49. The van der Waals surface area contributed by atoms with E-state index in [0.29, 0.717) is 6.54 Å². The number of rotatable bonds is 6. The van der Waals surface area contributed by atoms with Crippen LogP contribution in [0.1, 0.15) is 11.1 Å². The number of fused-ring (bicyclic) bond motifs is 1. The molecule has 0 aliphatic heterocycles. The van der Waals surface area contributed by atoms with E-state index in [2.05, 4.69) is 22.9 Å². The second kappa shape index (κ2) is 7.86. The minimum absolute atomic E-state index is 0.102. The quantitative estimate of drug-likeness (QED) is 0.229. The fraction of sp³-hybridized carbons (Fsp3) is 0.0909. The molecule has 0 saturated heterocycles. The van der Waals surface area contributed by atoms with Crippen LogP contribution in [0.5, 0.6) is 0 Å². The number of thioether (sulfide) groups is 1. The zero-order valence-corrected chi connectivity index (χ0v) is 15.7. The first-order valence-electron chi connectivity index (χ1n) is 8.78. The number of hydrogen-bond acceptors (Lipinski definition) is 3. The zero-order valence-electron chi connectivity index (χ0n) is 14.9. The molecule has 4 nitrogen and oxygen atoms in total. The van der Waals surface area contributed by atoms with Gasteiger partial charge >= 0.3 is 0 Å². The molecule has 0 fully saturated rings. The van der Waals surface area contributed by atoms with Gasteiger partial charge in [-0.1, -0.05) is 42.5 Å². The van der Waals surface area contributed by atoms with Gasteiger partial charge < -0.3 is 4.57 Å². The molecule has 140 valence electrons. The average molecular weight is 392 g/mol. The largest absolute Gasteiger partial charge is 0.342 e. The smallest absolute Gasteiger partial charge is 0.269 e. The van der Waals surface area contributed by atoms with Gasteiger partial charge in [0.05, 0.1) is 4.92 Å². The lowest BCUT2D eigenvalue weighted by molar-refractivity contribution is -0.384. The van der Waals surface area contributed by atoms with Gasteiger partial charge in [0.1, 0.15) is 5.82 Å². The number of nitrogens with zero attached hydrogens (tertiary/aromatic N) is 2. The number of para-hydroxylation sites is 1. The molecule has 0 aliphatic rings. The molecule has 1 heterocycles. The van der Waals surface area contributed by atoms with Crippen LogP contribution in [0.3, 0.4) is 0 Å². The van der Waals surface area contributed by atoms with Gasteiger partial charge in [-0.25, -0.2) is 4.39 Å². The van der Waals surface area contributed by atoms with Crippen LogP contribution in [0.2, 0.25) is 0 Å². The van der Waals surface area contributed by atoms with E-state index in [1.165, 1.54) is 24.3 Å². The van der Waals surface area contributed by atoms with Gasteiger partial charge in [-0.3, -0.25) is 10.1 Å². The highest BCUT2D eigenvalue weighted by molar-refractivity contribution is 7.98. The lowest BCUT2D eigenvalue weighted by Crippen LogP contribution is -1.97. The number of hydrogen-bond donors (Lipinski definition) is 0. The van der Waals surface area contributed by atoms with Crippen LogP contribution in [0.15, 0.2) is 83.9 Å². The van der Waals surface area contributed by atoms with E-state index in [1.54, 1.807) is 36.0 Å². The summed E-state index contributed by atoms with van der Waals surface area (Å²) < 4.78 is 15.3. The molecule has 0 spiro atoms. The van der Waals surface area contributed by atoms with Crippen molar-refractivity contribution in [2.24, 2.45) is 0 Å². The zero-order chi connectivity index (χ0) is 19.5. The Morgan fingerprint density at radius 2 is 1.61 bits per heavy atom. The molecule has 0 radical (unpaired) electrons. The number of nitro benzene ring substituents is 1.